The Kier molecular flexibility index (Phi) is 6.61. The molecule has 0 aliphatic carbocycles. The van der Waals surface area contributed by atoms with E-state index in [0.29, 0.717) is 29.4 Å². The Labute approximate surface area is 195 Å². The Bertz CT molecular complexity index is 1180. The number of ether oxygens (including phenoxy) is 4. The summed E-state index contributed by atoms with van der Waals surface area (Å²) in [4.78, 5) is 12.4. The fourth-order valence-corrected chi connectivity index (χ4v) is 3.47. The van der Waals surface area contributed by atoms with Gasteiger partial charge in [0.2, 0.25) is 0 Å². The van der Waals surface area contributed by atoms with Gasteiger partial charge in [-0.15, -0.1) is 0 Å². The summed E-state index contributed by atoms with van der Waals surface area (Å²) in [5, 5.41) is 0. The fourth-order valence-electron chi connectivity index (χ4n) is 3.20. The number of hydrogen-bond donors (Lipinski definition) is 0. The van der Waals surface area contributed by atoms with Gasteiger partial charge in [-0.2, -0.15) is 0 Å². The van der Waals surface area contributed by atoms with Crippen molar-refractivity contribution in [2.24, 2.45) is 0 Å². The number of carbonyl (C=O) groups is 1. The highest BCUT2D eigenvalue weighted by Gasteiger charge is 2.22. The zero-order valence-corrected chi connectivity index (χ0v) is 19.2. The first kappa shape index (κ1) is 21.7. The van der Waals surface area contributed by atoms with Crippen LogP contribution >= 0.6 is 15.9 Å². The molecule has 0 radical (unpaired) electrons. The Hall–Kier alpha value is -3.51. The zero-order chi connectivity index (χ0) is 22.5. The predicted molar refractivity (Wildman–Crippen MR) is 127 cm³/mol. The average molecular weight is 493 g/mol. The van der Waals surface area contributed by atoms with Gasteiger partial charge in [-0.05, 0) is 71.8 Å². The summed E-state index contributed by atoms with van der Waals surface area (Å²) in [6.45, 7) is 0.421. The van der Waals surface area contributed by atoms with Crippen molar-refractivity contribution < 1.29 is 23.7 Å². The van der Waals surface area contributed by atoms with Crippen LogP contribution in [0.15, 0.2) is 82.9 Å². The minimum atomic E-state index is -0.398. The highest BCUT2D eigenvalue weighted by atomic mass is 79.9. The number of methoxy groups -OCH3 is 2. The van der Waals surface area contributed by atoms with Crippen LogP contribution in [-0.2, 0) is 16.1 Å². The van der Waals surface area contributed by atoms with Crippen molar-refractivity contribution in [1.82, 2.24) is 0 Å². The van der Waals surface area contributed by atoms with Crippen LogP contribution in [-0.4, -0.2) is 20.2 Å². The summed E-state index contributed by atoms with van der Waals surface area (Å²) in [5.41, 5.74) is 3.11. The van der Waals surface area contributed by atoms with Crippen LogP contribution in [0.3, 0.4) is 0 Å². The molecule has 0 N–H and O–H groups in total. The van der Waals surface area contributed by atoms with Gasteiger partial charge in [-0.25, -0.2) is 4.79 Å². The van der Waals surface area contributed by atoms with Crippen molar-refractivity contribution in [1.29, 1.82) is 0 Å². The lowest BCUT2D eigenvalue weighted by Gasteiger charge is -2.11. The van der Waals surface area contributed by atoms with Crippen LogP contribution < -0.4 is 14.2 Å². The highest BCUT2D eigenvalue weighted by molar-refractivity contribution is 9.10. The minimum Gasteiger partial charge on any atom is -0.497 e. The highest BCUT2D eigenvalue weighted by Crippen LogP contribution is 2.32. The molecule has 0 spiro atoms. The summed E-state index contributed by atoms with van der Waals surface area (Å²) >= 11 is 3.43. The third-order valence-corrected chi connectivity index (χ3v) is 5.45. The van der Waals surface area contributed by atoms with Gasteiger partial charge in [0, 0.05) is 10.0 Å². The van der Waals surface area contributed by atoms with E-state index in [0.717, 1.165) is 26.9 Å². The first-order chi connectivity index (χ1) is 15.6. The number of hydrogen-bond acceptors (Lipinski definition) is 5. The third kappa shape index (κ3) is 5.03. The number of halogens is 1. The van der Waals surface area contributed by atoms with Gasteiger partial charge in [0.05, 0.1) is 19.8 Å². The van der Waals surface area contributed by atoms with Gasteiger partial charge >= 0.3 is 5.97 Å². The summed E-state index contributed by atoms with van der Waals surface area (Å²) < 4.78 is 23.0. The second-order valence-electron chi connectivity index (χ2n) is 7.05. The zero-order valence-electron chi connectivity index (χ0n) is 17.6. The molecule has 0 amide bonds. The molecule has 1 aliphatic rings. The second kappa shape index (κ2) is 9.75. The molecule has 162 valence electrons. The molecule has 0 bridgehead atoms. The maximum Gasteiger partial charge on any atom is 0.343 e. The smallest absolute Gasteiger partial charge is 0.343 e. The number of rotatable bonds is 7. The predicted octanol–water partition coefficient (Wildman–Crippen LogP) is 6.03. The van der Waals surface area contributed by atoms with Crippen LogP contribution in [0.5, 0.6) is 17.2 Å². The van der Waals surface area contributed by atoms with E-state index in [4.69, 9.17) is 18.9 Å². The molecule has 0 saturated carbocycles. The lowest BCUT2D eigenvalue weighted by Crippen LogP contribution is -1.99. The molecule has 0 atom stereocenters. The summed E-state index contributed by atoms with van der Waals surface area (Å²) in [5.74, 6) is 2.06. The van der Waals surface area contributed by atoms with E-state index in [2.05, 4.69) is 15.9 Å². The second-order valence-corrected chi connectivity index (χ2v) is 7.97. The van der Waals surface area contributed by atoms with E-state index in [1.807, 2.05) is 66.7 Å². The average Bonchev–Trinajstić information content (AvgIpc) is 3.19. The largest absolute Gasteiger partial charge is 0.497 e. The van der Waals surface area contributed by atoms with Crippen LogP contribution in [0.1, 0.15) is 16.7 Å². The van der Waals surface area contributed by atoms with Crippen LogP contribution in [0.4, 0.5) is 0 Å². The quantitative estimate of drug-likeness (QED) is 0.297. The Morgan fingerprint density at radius 2 is 1.66 bits per heavy atom. The first-order valence-electron chi connectivity index (χ1n) is 9.91. The lowest BCUT2D eigenvalue weighted by molar-refractivity contribution is -0.130. The Morgan fingerprint density at radius 3 is 2.34 bits per heavy atom. The maximum absolute atomic E-state index is 12.4. The van der Waals surface area contributed by atoms with E-state index in [9.17, 15) is 4.79 Å². The molecule has 1 heterocycles. The van der Waals surface area contributed by atoms with Gasteiger partial charge in [-0.3, -0.25) is 0 Å². The molecule has 3 aromatic rings. The molecular formula is C26H21BrO5. The molecule has 32 heavy (non-hydrogen) atoms. The van der Waals surface area contributed by atoms with Crippen LogP contribution in [0.2, 0.25) is 0 Å². The van der Waals surface area contributed by atoms with E-state index in [-0.39, 0.29) is 0 Å². The normalized spacial score (nSPS) is 14.2. The monoisotopic (exact) mass is 492 g/mol. The number of cyclic esters (lactones) is 1. The van der Waals surface area contributed by atoms with E-state index in [1.54, 1.807) is 26.4 Å². The number of benzene rings is 3. The first-order valence-corrected chi connectivity index (χ1v) is 10.7. The summed E-state index contributed by atoms with van der Waals surface area (Å²) in [6, 6.07) is 20.8. The van der Waals surface area contributed by atoms with Crippen molar-refractivity contribution in [2.45, 2.75) is 6.61 Å². The van der Waals surface area contributed by atoms with Gasteiger partial charge in [-0.1, -0.05) is 34.1 Å². The van der Waals surface area contributed by atoms with Gasteiger partial charge < -0.3 is 18.9 Å². The van der Waals surface area contributed by atoms with Crippen molar-refractivity contribution >= 4 is 33.7 Å². The van der Waals surface area contributed by atoms with E-state index < -0.39 is 5.97 Å². The molecule has 5 nitrogen and oxygen atoms in total. The molecule has 0 fully saturated rings. The van der Waals surface area contributed by atoms with Crippen LogP contribution in [0.25, 0.3) is 11.8 Å². The maximum atomic E-state index is 12.4. The van der Waals surface area contributed by atoms with Gasteiger partial charge in [0.25, 0.3) is 0 Å². The van der Waals surface area contributed by atoms with Crippen molar-refractivity contribution in [3.63, 3.8) is 0 Å². The third-order valence-electron chi connectivity index (χ3n) is 4.92. The SMILES string of the molecule is COc1ccc(C2=CC(=Cc3ccc(OCc4ccc(Br)cc4)c(OC)c3)C(=O)O2)cc1. The van der Waals surface area contributed by atoms with E-state index in [1.165, 1.54) is 0 Å². The molecular weight excluding hydrogens is 472 g/mol. The van der Waals surface area contributed by atoms with E-state index >= 15 is 0 Å². The van der Waals surface area contributed by atoms with Gasteiger partial charge in [0.1, 0.15) is 18.1 Å². The van der Waals surface area contributed by atoms with Gasteiger partial charge in [0.15, 0.2) is 11.5 Å². The minimum absolute atomic E-state index is 0.398. The van der Waals surface area contributed by atoms with Crippen molar-refractivity contribution in [3.05, 3.63) is 99.5 Å². The lowest BCUT2D eigenvalue weighted by atomic mass is 10.1. The molecule has 0 aromatic heterocycles. The summed E-state index contributed by atoms with van der Waals surface area (Å²) in [7, 11) is 3.19. The molecule has 3 aromatic carbocycles. The molecule has 1 aliphatic heterocycles. The van der Waals surface area contributed by atoms with Crippen molar-refractivity contribution in [2.75, 3.05) is 14.2 Å². The molecule has 6 heteroatoms. The molecule has 0 unspecified atom stereocenters. The van der Waals surface area contributed by atoms with Crippen LogP contribution in [0, 0.1) is 0 Å². The number of carbonyl (C=O) groups excluding carboxylic acids is 1. The molecule has 4 rings (SSSR count). The topological polar surface area (TPSA) is 54.0 Å². The number of esters is 1. The Morgan fingerprint density at radius 1 is 0.906 bits per heavy atom. The standard InChI is InChI=1S/C26H21BrO5/c1-29-22-10-6-19(7-11-22)24-15-20(26(28)32-24)13-18-5-12-23(25(14-18)30-2)31-16-17-3-8-21(27)9-4-17/h3-15H,16H2,1-2H3. The van der Waals surface area contributed by atoms with Crippen molar-refractivity contribution in [3.8, 4) is 17.2 Å². The molecule has 0 saturated heterocycles. The Balaban J connectivity index is 1.52. The fraction of sp³-hybridized carbons (Fsp3) is 0.115. The summed E-state index contributed by atoms with van der Waals surface area (Å²) in [6.07, 6.45) is 3.49.